The summed E-state index contributed by atoms with van der Waals surface area (Å²) in [6.45, 7) is 3.38. The molecule has 5 nitrogen and oxygen atoms in total. The van der Waals surface area contributed by atoms with Crippen LogP contribution in [0.25, 0.3) is 0 Å². The van der Waals surface area contributed by atoms with Gasteiger partial charge in [0.05, 0.1) is 12.7 Å². The van der Waals surface area contributed by atoms with Gasteiger partial charge in [-0.15, -0.1) is 0 Å². The van der Waals surface area contributed by atoms with Crippen LogP contribution in [0.4, 0.5) is 4.39 Å². The van der Waals surface area contributed by atoms with Crippen LogP contribution in [0.5, 0.6) is 5.75 Å². The first kappa shape index (κ1) is 15.9. The molecule has 0 bridgehead atoms. The molecule has 0 aliphatic rings. The number of amides is 1. The van der Waals surface area contributed by atoms with E-state index in [4.69, 9.17) is 9.47 Å². The summed E-state index contributed by atoms with van der Waals surface area (Å²) in [5, 5.41) is 2.66. The first-order valence-electron chi connectivity index (χ1n) is 6.28. The Morgan fingerprint density at radius 1 is 1.40 bits per heavy atom. The first-order valence-corrected chi connectivity index (χ1v) is 6.28. The van der Waals surface area contributed by atoms with Crippen LogP contribution >= 0.6 is 0 Å². The number of halogens is 1. The van der Waals surface area contributed by atoms with E-state index in [9.17, 15) is 14.0 Å². The van der Waals surface area contributed by atoms with Gasteiger partial charge in [0.25, 0.3) is 5.91 Å². The Kier molecular flexibility index (Phi) is 5.96. The molecule has 1 amide bonds. The molecule has 0 aromatic heterocycles. The minimum atomic E-state index is -0.758. The van der Waals surface area contributed by atoms with Gasteiger partial charge >= 0.3 is 5.97 Å². The highest BCUT2D eigenvalue weighted by Gasteiger charge is 2.13. The molecule has 110 valence electrons. The van der Waals surface area contributed by atoms with Crippen molar-refractivity contribution in [1.29, 1.82) is 0 Å². The molecule has 1 rings (SSSR count). The highest BCUT2D eigenvalue weighted by Crippen LogP contribution is 2.18. The molecule has 0 radical (unpaired) electrons. The van der Waals surface area contributed by atoms with Gasteiger partial charge in [-0.1, -0.05) is 6.92 Å². The molecule has 0 aliphatic carbocycles. The van der Waals surface area contributed by atoms with Crippen LogP contribution in [0.15, 0.2) is 18.2 Å². The quantitative estimate of drug-likeness (QED) is 0.810. The van der Waals surface area contributed by atoms with E-state index in [1.54, 1.807) is 0 Å². The minimum absolute atomic E-state index is 0.0135. The van der Waals surface area contributed by atoms with Gasteiger partial charge in [-0.2, -0.15) is 0 Å². The molecule has 6 heteroatoms. The number of esters is 1. The predicted molar refractivity (Wildman–Crippen MR) is 71.1 cm³/mol. The van der Waals surface area contributed by atoms with Crippen LogP contribution in [-0.4, -0.2) is 31.6 Å². The van der Waals surface area contributed by atoms with Gasteiger partial charge in [0, 0.05) is 6.04 Å². The molecule has 1 N–H and O–H groups in total. The fourth-order valence-corrected chi connectivity index (χ4v) is 1.43. The predicted octanol–water partition coefficient (Wildman–Crippen LogP) is 1.91. The number of carbonyl (C=O) groups excluding carboxylic acids is 2. The monoisotopic (exact) mass is 283 g/mol. The van der Waals surface area contributed by atoms with E-state index in [1.165, 1.54) is 19.2 Å². The fraction of sp³-hybridized carbons (Fsp3) is 0.429. The maximum absolute atomic E-state index is 13.4. The second-order valence-corrected chi connectivity index (χ2v) is 4.30. The standard InChI is InChI=1S/C14H18FNO4/c1-4-9(2)16-13(17)8-20-14(18)10-5-6-12(19-3)11(15)7-10/h5-7,9H,4,8H2,1-3H3,(H,16,17)/t9-/m1/s1. The Hall–Kier alpha value is -2.11. The molecule has 20 heavy (non-hydrogen) atoms. The zero-order valence-electron chi connectivity index (χ0n) is 11.7. The van der Waals surface area contributed by atoms with Gasteiger partial charge in [0.2, 0.25) is 0 Å². The van der Waals surface area contributed by atoms with Crippen molar-refractivity contribution in [2.45, 2.75) is 26.3 Å². The molecule has 0 aliphatic heterocycles. The Balaban J connectivity index is 2.55. The van der Waals surface area contributed by atoms with Crippen molar-refractivity contribution in [2.75, 3.05) is 13.7 Å². The van der Waals surface area contributed by atoms with E-state index < -0.39 is 18.4 Å². The maximum Gasteiger partial charge on any atom is 0.338 e. The fourth-order valence-electron chi connectivity index (χ4n) is 1.43. The number of rotatable bonds is 6. The highest BCUT2D eigenvalue weighted by atomic mass is 19.1. The molecule has 1 aromatic carbocycles. The third-order valence-electron chi connectivity index (χ3n) is 2.74. The largest absolute Gasteiger partial charge is 0.494 e. The summed E-state index contributed by atoms with van der Waals surface area (Å²) >= 11 is 0. The second kappa shape index (κ2) is 7.47. The Labute approximate surface area is 117 Å². The van der Waals surface area contributed by atoms with Crippen LogP contribution in [-0.2, 0) is 9.53 Å². The Morgan fingerprint density at radius 3 is 2.65 bits per heavy atom. The van der Waals surface area contributed by atoms with Gasteiger partial charge in [-0.3, -0.25) is 4.79 Å². The van der Waals surface area contributed by atoms with Crippen molar-refractivity contribution in [3.8, 4) is 5.75 Å². The molecule has 1 atom stereocenters. The summed E-state index contributed by atoms with van der Waals surface area (Å²) in [5.74, 6) is -1.77. The molecular formula is C14H18FNO4. The molecule has 1 aromatic rings. The summed E-state index contributed by atoms with van der Waals surface area (Å²) in [6, 6.07) is 3.72. The number of hydrogen-bond donors (Lipinski definition) is 1. The second-order valence-electron chi connectivity index (χ2n) is 4.30. The van der Waals surface area contributed by atoms with Crippen molar-refractivity contribution in [1.82, 2.24) is 5.32 Å². The minimum Gasteiger partial charge on any atom is -0.494 e. The van der Waals surface area contributed by atoms with Gasteiger partial charge in [-0.25, -0.2) is 9.18 Å². The van der Waals surface area contributed by atoms with Crippen LogP contribution in [0.2, 0.25) is 0 Å². The summed E-state index contributed by atoms with van der Waals surface area (Å²) in [5.41, 5.74) is 0.0274. The molecular weight excluding hydrogens is 265 g/mol. The molecule has 0 saturated heterocycles. The molecule has 0 spiro atoms. The van der Waals surface area contributed by atoms with Gasteiger partial charge in [0.1, 0.15) is 0 Å². The third kappa shape index (κ3) is 4.53. The van der Waals surface area contributed by atoms with E-state index in [0.717, 1.165) is 12.5 Å². The average Bonchev–Trinajstić information content (AvgIpc) is 2.44. The van der Waals surface area contributed by atoms with Crippen molar-refractivity contribution in [3.05, 3.63) is 29.6 Å². The number of benzene rings is 1. The highest BCUT2D eigenvalue weighted by molar-refractivity contribution is 5.91. The van der Waals surface area contributed by atoms with E-state index in [-0.39, 0.29) is 23.3 Å². The van der Waals surface area contributed by atoms with Crippen molar-refractivity contribution >= 4 is 11.9 Å². The lowest BCUT2D eigenvalue weighted by molar-refractivity contribution is -0.124. The lowest BCUT2D eigenvalue weighted by atomic mass is 10.2. The van der Waals surface area contributed by atoms with Crippen LogP contribution in [0.1, 0.15) is 30.6 Å². The van der Waals surface area contributed by atoms with E-state index >= 15 is 0 Å². The van der Waals surface area contributed by atoms with E-state index in [1.807, 2.05) is 13.8 Å². The molecule has 0 saturated carbocycles. The van der Waals surface area contributed by atoms with E-state index in [0.29, 0.717) is 0 Å². The average molecular weight is 283 g/mol. The van der Waals surface area contributed by atoms with Crippen molar-refractivity contribution in [3.63, 3.8) is 0 Å². The summed E-state index contributed by atoms with van der Waals surface area (Å²) in [4.78, 5) is 23.1. The Bertz CT molecular complexity index is 490. The van der Waals surface area contributed by atoms with Gasteiger partial charge in [0.15, 0.2) is 18.2 Å². The summed E-state index contributed by atoms with van der Waals surface area (Å²) in [7, 11) is 1.33. The molecule has 0 fully saturated rings. The lowest BCUT2D eigenvalue weighted by Gasteiger charge is -2.11. The maximum atomic E-state index is 13.4. The molecule has 0 unspecified atom stereocenters. The first-order chi connectivity index (χ1) is 9.47. The number of hydrogen-bond acceptors (Lipinski definition) is 4. The topological polar surface area (TPSA) is 64.6 Å². The van der Waals surface area contributed by atoms with Crippen molar-refractivity contribution < 1.29 is 23.5 Å². The lowest BCUT2D eigenvalue weighted by Crippen LogP contribution is -2.35. The van der Waals surface area contributed by atoms with Crippen LogP contribution < -0.4 is 10.1 Å². The third-order valence-corrected chi connectivity index (χ3v) is 2.74. The van der Waals surface area contributed by atoms with E-state index in [2.05, 4.69) is 5.32 Å². The van der Waals surface area contributed by atoms with Gasteiger partial charge < -0.3 is 14.8 Å². The number of carbonyl (C=O) groups is 2. The Morgan fingerprint density at radius 2 is 2.10 bits per heavy atom. The SMILES string of the molecule is CC[C@@H](C)NC(=O)COC(=O)c1ccc(OC)c(F)c1. The number of ether oxygens (including phenoxy) is 2. The summed E-state index contributed by atoms with van der Waals surface area (Å²) in [6.07, 6.45) is 0.781. The summed E-state index contributed by atoms with van der Waals surface area (Å²) < 4.78 is 23.0. The zero-order chi connectivity index (χ0) is 15.1. The normalized spacial score (nSPS) is 11.6. The zero-order valence-corrected chi connectivity index (χ0v) is 11.7. The molecule has 0 heterocycles. The van der Waals surface area contributed by atoms with Crippen LogP contribution in [0, 0.1) is 5.82 Å². The van der Waals surface area contributed by atoms with Crippen LogP contribution in [0.3, 0.4) is 0 Å². The number of nitrogens with one attached hydrogen (secondary N) is 1. The van der Waals surface area contributed by atoms with Gasteiger partial charge in [-0.05, 0) is 31.5 Å². The van der Waals surface area contributed by atoms with Crippen molar-refractivity contribution in [2.24, 2.45) is 0 Å². The smallest absolute Gasteiger partial charge is 0.338 e. The number of methoxy groups -OCH3 is 1.